The summed E-state index contributed by atoms with van der Waals surface area (Å²) in [7, 11) is -3.56. The minimum Gasteiger partial charge on any atom is -0.546 e. The van der Waals surface area contributed by atoms with Crippen LogP contribution in [-0.4, -0.2) is 26.7 Å². The van der Waals surface area contributed by atoms with Gasteiger partial charge in [-0.1, -0.05) is 18.5 Å². The van der Waals surface area contributed by atoms with Crippen LogP contribution in [0.3, 0.4) is 0 Å². The maximum atomic E-state index is 13.1. The fourth-order valence-corrected chi connectivity index (χ4v) is 3.16. The summed E-state index contributed by atoms with van der Waals surface area (Å²) in [5, 5.41) is 10.9. The summed E-state index contributed by atoms with van der Waals surface area (Å²) in [6.07, 6.45) is -5.16. The number of alkyl halides is 3. The van der Waals surface area contributed by atoms with Gasteiger partial charge in [0.2, 0.25) is 0 Å². The molecule has 2 rings (SSSR count). The number of aliphatic carboxylic acids is 1. The Morgan fingerprint density at radius 3 is 2.20 bits per heavy atom. The van der Waals surface area contributed by atoms with Gasteiger partial charge in [0.05, 0.1) is 21.5 Å². The standard InChI is InChI=1S/C18H16ClF3O6S.Na/c1-3-13(17(23)24)27-15-6-4-10(18(20,21)22)8-16(15)28-14-7-5-11(9-12(14)19)29(2,25)26;/h4-9,13H,3H2,1-2H3,(H,23,24);/q;+1/p-1. The van der Waals surface area contributed by atoms with Gasteiger partial charge in [-0.25, -0.2) is 8.42 Å². The van der Waals surface area contributed by atoms with Crippen molar-refractivity contribution in [3.8, 4) is 17.2 Å². The van der Waals surface area contributed by atoms with Crippen molar-refractivity contribution in [3.05, 3.63) is 47.0 Å². The first-order valence-corrected chi connectivity index (χ1v) is 10.4. The average molecular weight is 475 g/mol. The van der Waals surface area contributed by atoms with Gasteiger partial charge in [0, 0.05) is 6.26 Å². The molecule has 0 fully saturated rings. The number of benzene rings is 2. The predicted molar refractivity (Wildman–Crippen MR) is 95.8 cm³/mol. The molecular formula is C18H15ClF3NaO6S. The monoisotopic (exact) mass is 474 g/mol. The van der Waals surface area contributed by atoms with Crippen molar-refractivity contribution in [1.29, 1.82) is 0 Å². The Labute approximate surface area is 198 Å². The summed E-state index contributed by atoms with van der Waals surface area (Å²) < 4.78 is 73.0. The predicted octanol–water partition coefficient (Wildman–Crippen LogP) is 0.466. The van der Waals surface area contributed by atoms with Gasteiger partial charge < -0.3 is 19.4 Å². The van der Waals surface area contributed by atoms with Crippen LogP contribution in [0.2, 0.25) is 5.02 Å². The van der Waals surface area contributed by atoms with Crippen LogP contribution in [0, 0.1) is 0 Å². The van der Waals surface area contributed by atoms with Crippen molar-refractivity contribution in [2.45, 2.75) is 30.5 Å². The van der Waals surface area contributed by atoms with Crippen LogP contribution in [0.15, 0.2) is 41.3 Å². The fourth-order valence-electron chi connectivity index (χ4n) is 2.23. The molecule has 0 radical (unpaired) electrons. The molecule has 0 heterocycles. The summed E-state index contributed by atoms with van der Waals surface area (Å²) in [6, 6.07) is 5.66. The van der Waals surface area contributed by atoms with Crippen molar-refractivity contribution >= 4 is 27.4 Å². The zero-order valence-corrected chi connectivity index (χ0v) is 19.7. The van der Waals surface area contributed by atoms with E-state index in [0.717, 1.165) is 18.4 Å². The molecule has 0 aromatic heterocycles. The van der Waals surface area contributed by atoms with Crippen molar-refractivity contribution < 1.29 is 70.5 Å². The van der Waals surface area contributed by atoms with Crippen molar-refractivity contribution in [2.75, 3.05) is 6.26 Å². The van der Waals surface area contributed by atoms with Crippen molar-refractivity contribution in [3.63, 3.8) is 0 Å². The van der Waals surface area contributed by atoms with E-state index in [0.29, 0.717) is 12.1 Å². The molecule has 30 heavy (non-hydrogen) atoms. The summed E-state index contributed by atoms with van der Waals surface area (Å²) in [6.45, 7) is 1.49. The molecular weight excluding hydrogens is 460 g/mol. The van der Waals surface area contributed by atoms with Crippen LogP contribution < -0.4 is 44.1 Å². The molecule has 0 aliphatic heterocycles. The molecule has 6 nitrogen and oxygen atoms in total. The molecule has 1 atom stereocenters. The number of halogens is 4. The van der Waals surface area contributed by atoms with Crippen LogP contribution in [0.4, 0.5) is 13.2 Å². The quantitative estimate of drug-likeness (QED) is 0.542. The Morgan fingerprint density at radius 2 is 1.73 bits per heavy atom. The number of ether oxygens (including phenoxy) is 2. The number of carboxylic acid groups (broad SMARTS) is 1. The fraction of sp³-hybridized carbons (Fsp3) is 0.278. The first kappa shape index (κ1) is 26.6. The van der Waals surface area contributed by atoms with E-state index < -0.39 is 39.4 Å². The molecule has 0 N–H and O–H groups in total. The number of carboxylic acids is 1. The van der Waals surface area contributed by atoms with E-state index in [1.54, 1.807) is 0 Å². The summed E-state index contributed by atoms with van der Waals surface area (Å²) in [5.74, 6) is -2.43. The number of hydrogen-bond donors (Lipinski definition) is 0. The van der Waals surface area contributed by atoms with Crippen LogP contribution in [0.25, 0.3) is 0 Å². The maximum Gasteiger partial charge on any atom is 1.00 e. The molecule has 0 saturated heterocycles. The second kappa shape index (κ2) is 10.2. The minimum absolute atomic E-state index is 0. The summed E-state index contributed by atoms with van der Waals surface area (Å²) in [5.41, 5.74) is -1.06. The van der Waals surface area contributed by atoms with Crippen LogP contribution in [-0.2, 0) is 20.8 Å². The Kier molecular flexibility index (Phi) is 9.06. The summed E-state index contributed by atoms with van der Waals surface area (Å²) >= 11 is 5.99. The Bertz CT molecular complexity index is 1030. The summed E-state index contributed by atoms with van der Waals surface area (Å²) in [4.78, 5) is 11.0. The van der Waals surface area contributed by atoms with E-state index >= 15 is 0 Å². The molecule has 158 valence electrons. The van der Waals surface area contributed by atoms with Gasteiger partial charge in [-0.05, 0) is 42.8 Å². The Hall–Kier alpha value is -1.46. The third-order valence-corrected chi connectivity index (χ3v) is 5.13. The van der Waals surface area contributed by atoms with Crippen LogP contribution in [0.1, 0.15) is 18.9 Å². The number of carbonyl (C=O) groups is 1. The minimum atomic E-state index is -4.70. The SMILES string of the molecule is CCC(Oc1ccc(C(F)(F)F)cc1Oc1ccc(S(C)(=O)=O)cc1Cl)C(=O)[O-].[Na+]. The third-order valence-electron chi connectivity index (χ3n) is 3.73. The number of rotatable bonds is 7. The van der Waals surface area contributed by atoms with Gasteiger partial charge in [0.1, 0.15) is 11.9 Å². The molecule has 0 amide bonds. The molecule has 0 aliphatic carbocycles. The number of sulfone groups is 1. The average Bonchev–Trinajstić information content (AvgIpc) is 2.60. The van der Waals surface area contributed by atoms with E-state index in [1.165, 1.54) is 19.1 Å². The van der Waals surface area contributed by atoms with E-state index in [-0.39, 0.29) is 57.4 Å². The molecule has 0 bridgehead atoms. The molecule has 1 unspecified atom stereocenters. The zero-order chi connectivity index (χ0) is 22.0. The van der Waals surface area contributed by atoms with Gasteiger partial charge in [0.25, 0.3) is 0 Å². The second-order valence-corrected chi connectivity index (χ2v) is 8.38. The molecule has 0 spiro atoms. The van der Waals surface area contributed by atoms with Gasteiger partial charge in [-0.3, -0.25) is 0 Å². The third kappa shape index (κ3) is 6.78. The first-order chi connectivity index (χ1) is 13.3. The largest absolute Gasteiger partial charge is 1.00 e. The first-order valence-electron chi connectivity index (χ1n) is 8.09. The molecule has 0 saturated carbocycles. The van der Waals surface area contributed by atoms with Crippen molar-refractivity contribution in [1.82, 2.24) is 0 Å². The van der Waals surface area contributed by atoms with Gasteiger partial charge in [0.15, 0.2) is 21.3 Å². The normalized spacial score (nSPS) is 12.6. The van der Waals surface area contributed by atoms with E-state index in [4.69, 9.17) is 21.1 Å². The van der Waals surface area contributed by atoms with E-state index in [1.807, 2.05) is 0 Å². The molecule has 12 heteroatoms. The Morgan fingerprint density at radius 1 is 1.13 bits per heavy atom. The van der Waals surface area contributed by atoms with Crippen LogP contribution in [0.5, 0.6) is 17.2 Å². The Balaban J connectivity index is 0.00000450. The van der Waals surface area contributed by atoms with Gasteiger partial charge in [-0.2, -0.15) is 13.2 Å². The maximum absolute atomic E-state index is 13.1. The van der Waals surface area contributed by atoms with Crippen LogP contribution >= 0.6 is 11.6 Å². The van der Waals surface area contributed by atoms with E-state index in [9.17, 15) is 31.5 Å². The topological polar surface area (TPSA) is 92.7 Å². The van der Waals surface area contributed by atoms with E-state index in [2.05, 4.69) is 0 Å². The molecule has 2 aromatic rings. The second-order valence-electron chi connectivity index (χ2n) is 5.96. The molecule has 0 aliphatic rings. The van der Waals surface area contributed by atoms with Gasteiger partial charge >= 0.3 is 35.7 Å². The smallest absolute Gasteiger partial charge is 0.546 e. The van der Waals surface area contributed by atoms with Gasteiger partial charge in [-0.15, -0.1) is 0 Å². The molecule has 2 aromatic carbocycles. The zero-order valence-electron chi connectivity index (χ0n) is 16.1. The van der Waals surface area contributed by atoms with Crippen molar-refractivity contribution in [2.24, 2.45) is 0 Å². The number of hydrogen-bond acceptors (Lipinski definition) is 6. The number of carbonyl (C=O) groups excluding carboxylic acids is 1.